The van der Waals surface area contributed by atoms with E-state index in [-0.39, 0.29) is 12.5 Å². The molecule has 40 heavy (non-hydrogen) atoms. The summed E-state index contributed by atoms with van der Waals surface area (Å²) in [5, 5.41) is 9.98. The van der Waals surface area contributed by atoms with E-state index >= 15 is 0 Å². The maximum absolute atomic E-state index is 14.1. The molecule has 0 fully saturated rings. The van der Waals surface area contributed by atoms with Gasteiger partial charge in [0.1, 0.15) is 6.61 Å². The zero-order valence-corrected chi connectivity index (χ0v) is 24.5. The predicted molar refractivity (Wildman–Crippen MR) is 159 cm³/mol. The lowest BCUT2D eigenvalue weighted by Gasteiger charge is -2.28. The summed E-state index contributed by atoms with van der Waals surface area (Å²) in [4.78, 5) is 0. The zero-order chi connectivity index (χ0) is 28.7. The lowest BCUT2D eigenvalue weighted by Crippen LogP contribution is -2.34. The van der Waals surface area contributed by atoms with Crippen molar-refractivity contribution in [3.8, 4) is 11.5 Å². The number of unbranched alkanes of at least 4 members (excludes halogenated alkanes) is 8. The number of hydrogen-bond acceptors (Lipinski definition) is 3. The molecule has 1 aliphatic heterocycles. The first-order valence-electron chi connectivity index (χ1n) is 15.2. The number of aliphatic hydroxyl groups excluding tert-OH is 1. The van der Waals surface area contributed by atoms with Gasteiger partial charge in [-0.1, -0.05) is 70.9 Å². The Hall–Kier alpha value is -2.73. The number of ether oxygens (including phenoxy) is 2. The summed E-state index contributed by atoms with van der Waals surface area (Å²) in [5.41, 5.74) is 4.07. The summed E-state index contributed by atoms with van der Waals surface area (Å²) in [6.45, 7) is 10.1. The van der Waals surface area contributed by atoms with E-state index in [1.807, 2.05) is 13.0 Å². The molecule has 220 valence electrons. The Kier molecular flexibility index (Phi) is 13.6. The molecule has 0 bridgehead atoms. The molecule has 2 aromatic rings. The minimum absolute atomic E-state index is 0.00242. The summed E-state index contributed by atoms with van der Waals surface area (Å²) < 4.78 is 42.2. The molecule has 1 N–H and O–H groups in total. The van der Waals surface area contributed by atoms with Crippen LogP contribution in [0.25, 0.3) is 0 Å². The molecule has 3 rings (SSSR count). The van der Waals surface area contributed by atoms with Crippen LogP contribution in [-0.2, 0) is 6.54 Å². The third kappa shape index (κ3) is 8.89. The minimum atomic E-state index is -0.836. The fourth-order valence-corrected chi connectivity index (χ4v) is 5.74. The van der Waals surface area contributed by atoms with Gasteiger partial charge in [-0.15, -0.1) is 0 Å². The number of rotatable bonds is 19. The highest BCUT2D eigenvalue weighted by Crippen LogP contribution is 2.43. The maximum atomic E-state index is 14.1. The summed E-state index contributed by atoms with van der Waals surface area (Å²) in [7, 11) is 0. The quantitative estimate of drug-likeness (QED) is 0.107. The van der Waals surface area contributed by atoms with Gasteiger partial charge in [0, 0.05) is 35.6 Å². The van der Waals surface area contributed by atoms with E-state index < -0.39 is 11.6 Å². The smallest absolute Gasteiger partial charge is 0.184 e. The van der Waals surface area contributed by atoms with Crippen LogP contribution in [0.3, 0.4) is 0 Å². The number of benzene rings is 2. The second kappa shape index (κ2) is 17.2. The third-order valence-electron chi connectivity index (χ3n) is 7.70. The van der Waals surface area contributed by atoms with Crippen LogP contribution >= 0.6 is 0 Å². The highest BCUT2D eigenvalue weighted by Gasteiger charge is 2.36. The van der Waals surface area contributed by atoms with Crippen molar-refractivity contribution in [2.24, 2.45) is 0 Å². The van der Waals surface area contributed by atoms with Crippen LogP contribution in [0.2, 0.25) is 0 Å². The van der Waals surface area contributed by atoms with Crippen molar-refractivity contribution in [1.82, 2.24) is 0 Å². The van der Waals surface area contributed by atoms with E-state index in [1.165, 1.54) is 62.8 Å². The summed E-state index contributed by atoms with van der Waals surface area (Å²) >= 11 is 0. The second-order valence-electron chi connectivity index (χ2n) is 10.8. The minimum Gasteiger partial charge on any atom is -0.490 e. The van der Waals surface area contributed by atoms with Crippen LogP contribution in [0.15, 0.2) is 43.0 Å². The average Bonchev–Trinajstić information content (AvgIpc) is 2.95. The Bertz CT molecular complexity index is 1110. The molecule has 6 heteroatoms. The van der Waals surface area contributed by atoms with E-state index in [0.717, 1.165) is 41.7 Å². The molecular weight excluding hydrogens is 508 g/mol. The molecule has 0 radical (unpaired) electrons. The van der Waals surface area contributed by atoms with Gasteiger partial charge in [0.15, 0.2) is 41.9 Å². The largest absolute Gasteiger partial charge is 0.490 e. The van der Waals surface area contributed by atoms with E-state index in [4.69, 9.17) is 9.47 Å². The molecule has 4 nitrogen and oxygen atoms in total. The standard InChI is InChI=1S/C34H48F2NO3/c1-4-7-8-9-10-11-12-13-14-15-31-28-17-19-32(39-6-3)34(40-22-5-2)33(28)27(20-21-38)25-37(31)24-26-16-18-29(35)30(36)23-26/h5,16-19,23,27,38H,2,4,6-15,20-22,24-25H2,1,3H3/q+1. The van der Waals surface area contributed by atoms with E-state index in [9.17, 15) is 13.9 Å². The lowest BCUT2D eigenvalue weighted by atomic mass is 9.83. The number of halogens is 2. The Labute approximate surface area is 239 Å². The van der Waals surface area contributed by atoms with E-state index in [0.29, 0.717) is 38.5 Å². The van der Waals surface area contributed by atoms with Crippen LogP contribution in [0, 0.1) is 11.6 Å². The molecule has 0 aliphatic carbocycles. The molecule has 1 unspecified atom stereocenters. The fraction of sp³-hybridized carbons (Fsp3) is 0.559. The predicted octanol–water partition coefficient (Wildman–Crippen LogP) is 8.33. The van der Waals surface area contributed by atoms with Crippen molar-refractivity contribution < 1.29 is 27.9 Å². The molecule has 2 aromatic carbocycles. The van der Waals surface area contributed by atoms with Gasteiger partial charge < -0.3 is 14.6 Å². The monoisotopic (exact) mass is 556 g/mol. The SMILES string of the molecule is C=CCOc1c(OCC)ccc2c1C(CCO)C[N+](Cc1ccc(F)c(F)c1)=C2CCCCCCCCCCC. The molecule has 1 atom stereocenters. The molecule has 0 saturated heterocycles. The normalized spacial score (nSPS) is 14.8. The highest BCUT2D eigenvalue weighted by molar-refractivity contribution is 6.00. The highest BCUT2D eigenvalue weighted by atomic mass is 19.2. The zero-order valence-electron chi connectivity index (χ0n) is 24.5. The summed E-state index contributed by atoms with van der Waals surface area (Å²) in [6.07, 6.45) is 14.4. The van der Waals surface area contributed by atoms with Crippen molar-refractivity contribution in [2.45, 2.75) is 96.9 Å². The molecular formula is C34H48F2NO3+. The molecule has 0 spiro atoms. The van der Waals surface area contributed by atoms with Crippen molar-refractivity contribution in [2.75, 3.05) is 26.4 Å². The maximum Gasteiger partial charge on any atom is 0.184 e. The topological polar surface area (TPSA) is 41.7 Å². The van der Waals surface area contributed by atoms with Gasteiger partial charge in [0.05, 0.1) is 6.61 Å². The molecule has 1 heterocycles. The van der Waals surface area contributed by atoms with Crippen molar-refractivity contribution in [1.29, 1.82) is 0 Å². The van der Waals surface area contributed by atoms with Crippen LogP contribution in [0.5, 0.6) is 11.5 Å². The van der Waals surface area contributed by atoms with Crippen LogP contribution < -0.4 is 9.47 Å². The Morgan fingerprint density at radius 1 is 0.950 bits per heavy atom. The average molecular weight is 557 g/mol. The van der Waals surface area contributed by atoms with Gasteiger partial charge in [-0.3, -0.25) is 0 Å². The van der Waals surface area contributed by atoms with Crippen molar-refractivity contribution in [3.05, 3.63) is 71.3 Å². The first-order valence-corrected chi connectivity index (χ1v) is 15.2. The third-order valence-corrected chi connectivity index (χ3v) is 7.70. The first kappa shape index (κ1) is 31.8. The summed E-state index contributed by atoms with van der Waals surface area (Å²) in [6, 6.07) is 8.21. The second-order valence-corrected chi connectivity index (χ2v) is 10.8. The fourth-order valence-electron chi connectivity index (χ4n) is 5.74. The van der Waals surface area contributed by atoms with Crippen LogP contribution in [0.4, 0.5) is 8.78 Å². The number of aliphatic hydroxyl groups is 1. The molecule has 0 saturated carbocycles. The molecule has 0 aromatic heterocycles. The lowest BCUT2D eigenvalue weighted by molar-refractivity contribution is -0.549. The Morgan fingerprint density at radius 3 is 2.33 bits per heavy atom. The molecule has 0 amide bonds. The van der Waals surface area contributed by atoms with Gasteiger partial charge in [-0.25, -0.2) is 13.4 Å². The first-order chi connectivity index (χ1) is 19.5. The molecule has 1 aliphatic rings. The number of hydrogen-bond donors (Lipinski definition) is 1. The van der Waals surface area contributed by atoms with Gasteiger partial charge in [0.2, 0.25) is 0 Å². The van der Waals surface area contributed by atoms with Crippen molar-refractivity contribution in [3.63, 3.8) is 0 Å². The number of fused-ring (bicyclic) bond motifs is 1. The van der Waals surface area contributed by atoms with Gasteiger partial charge in [-0.2, -0.15) is 0 Å². The Morgan fingerprint density at radius 2 is 1.68 bits per heavy atom. The van der Waals surface area contributed by atoms with Gasteiger partial charge in [-0.05, 0) is 50.1 Å². The van der Waals surface area contributed by atoms with Gasteiger partial charge in [0.25, 0.3) is 0 Å². The van der Waals surface area contributed by atoms with Gasteiger partial charge >= 0.3 is 0 Å². The van der Waals surface area contributed by atoms with Crippen LogP contribution in [-0.4, -0.2) is 41.8 Å². The van der Waals surface area contributed by atoms with E-state index in [1.54, 1.807) is 12.1 Å². The van der Waals surface area contributed by atoms with Crippen molar-refractivity contribution >= 4 is 5.71 Å². The Balaban J connectivity index is 1.93. The van der Waals surface area contributed by atoms with E-state index in [2.05, 4.69) is 24.1 Å². The number of nitrogens with zero attached hydrogens (tertiary/aromatic N) is 1. The summed E-state index contributed by atoms with van der Waals surface area (Å²) in [5.74, 6) is -0.254. The van der Waals surface area contributed by atoms with Crippen LogP contribution in [0.1, 0.15) is 107 Å².